The number of imide groups is 1. The van der Waals surface area contributed by atoms with Crippen LogP contribution in [0.2, 0.25) is 0 Å². The first-order valence-corrected chi connectivity index (χ1v) is 8.56. The van der Waals surface area contributed by atoms with Gasteiger partial charge in [-0.1, -0.05) is 0 Å². The Morgan fingerprint density at radius 2 is 1.64 bits per heavy atom. The van der Waals surface area contributed by atoms with E-state index in [4.69, 9.17) is 5.73 Å². The van der Waals surface area contributed by atoms with Crippen molar-refractivity contribution in [3.63, 3.8) is 0 Å². The molecule has 1 saturated heterocycles. The maximum Gasteiger partial charge on any atom is 0.416 e. The standard InChI is InChI=1S/C18H15F3N4O3/c19-18(20,21)9-3-4-11(24-5-1-2-6-24)12(7-9)25-13(26)8-10-14(15(25)22)17(28)23-16(10)27/h3-4,7-8H,1-2,5-6,22H2,(H,23,27,28). The van der Waals surface area contributed by atoms with Gasteiger partial charge in [-0.25, -0.2) is 0 Å². The monoisotopic (exact) mass is 392 g/mol. The summed E-state index contributed by atoms with van der Waals surface area (Å²) in [6.45, 7) is 1.24. The lowest BCUT2D eigenvalue weighted by Gasteiger charge is -2.24. The molecule has 0 aliphatic carbocycles. The molecular formula is C18H15F3N4O3. The van der Waals surface area contributed by atoms with Gasteiger partial charge in [0, 0.05) is 19.2 Å². The summed E-state index contributed by atoms with van der Waals surface area (Å²) in [5.41, 5.74) is 4.20. The fraction of sp³-hybridized carbons (Fsp3) is 0.278. The van der Waals surface area contributed by atoms with Gasteiger partial charge in [0.1, 0.15) is 5.82 Å². The molecule has 28 heavy (non-hydrogen) atoms. The van der Waals surface area contributed by atoms with Crippen molar-refractivity contribution in [1.82, 2.24) is 9.88 Å². The zero-order chi connectivity index (χ0) is 20.2. The Morgan fingerprint density at radius 3 is 2.29 bits per heavy atom. The van der Waals surface area contributed by atoms with Crippen LogP contribution in [0.15, 0.2) is 29.1 Å². The van der Waals surface area contributed by atoms with Crippen LogP contribution in [0.3, 0.4) is 0 Å². The fourth-order valence-electron chi connectivity index (χ4n) is 3.63. The maximum absolute atomic E-state index is 13.3. The van der Waals surface area contributed by atoms with Crippen LogP contribution in [0.1, 0.15) is 39.1 Å². The van der Waals surface area contributed by atoms with Crippen molar-refractivity contribution < 1.29 is 22.8 Å². The zero-order valence-corrected chi connectivity index (χ0v) is 14.5. The molecule has 3 heterocycles. The second kappa shape index (κ2) is 6.11. The molecule has 2 aliphatic heterocycles. The van der Waals surface area contributed by atoms with E-state index in [0.717, 1.165) is 35.6 Å². The molecule has 146 valence electrons. The number of alkyl halides is 3. The number of carbonyl (C=O) groups is 2. The topological polar surface area (TPSA) is 97.4 Å². The summed E-state index contributed by atoms with van der Waals surface area (Å²) in [6, 6.07) is 4.00. The van der Waals surface area contributed by atoms with Gasteiger partial charge >= 0.3 is 6.18 Å². The van der Waals surface area contributed by atoms with E-state index in [9.17, 15) is 27.6 Å². The molecule has 1 aromatic carbocycles. The lowest BCUT2D eigenvalue weighted by atomic mass is 10.1. The van der Waals surface area contributed by atoms with Gasteiger partial charge in [0.2, 0.25) is 0 Å². The Kier molecular flexibility index (Phi) is 3.95. The molecule has 0 bridgehead atoms. The molecule has 0 spiro atoms. The van der Waals surface area contributed by atoms with E-state index in [1.807, 2.05) is 10.2 Å². The summed E-state index contributed by atoms with van der Waals surface area (Å²) < 4.78 is 40.7. The number of nitrogens with one attached hydrogen (secondary N) is 1. The smallest absolute Gasteiger partial charge is 0.384 e. The molecule has 2 aliphatic rings. The van der Waals surface area contributed by atoms with E-state index in [1.165, 1.54) is 6.07 Å². The van der Waals surface area contributed by atoms with Crippen LogP contribution < -0.4 is 21.5 Å². The van der Waals surface area contributed by atoms with Crippen LogP contribution in [0.4, 0.5) is 24.7 Å². The van der Waals surface area contributed by atoms with Gasteiger partial charge in [-0.05, 0) is 31.0 Å². The second-order valence-electron chi connectivity index (χ2n) is 6.67. The first-order chi connectivity index (χ1) is 13.2. The van der Waals surface area contributed by atoms with Crippen molar-refractivity contribution in [2.45, 2.75) is 19.0 Å². The number of rotatable bonds is 2. The van der Waals surface area contributed by atoms with Crippen molar-refractivity contribution in [1.29, 1.82) is 0 Å². The van der Waals surface area contributed by atoms with Gasteiger partial charge in [-0.3, -0.25) is 24.3 Å². The van der Waals surface area contributed by atoms with E-state index < -0.39 is 29.1 Å². The summed E-state index contributed by atoms with van der Waals surface area (Å²) in [7, 11) is 0. The highest BCUT2D eigenvalue weighted by atomic mass is 19.4. The Bertz CT molecular complexity index is 1070. The average Bonchev–Trinajstić information content (AvgIpc) is 3.23. The number of nitrogens with zero attached hydrogens (tertiary/aromatic N) is 2. The van der Waals surface area contributed by atoms with Crippen molar-refractivity contribution >= 4 is 23.3 Å². The molecule has 0 atom stereocenters. The number of carbonyl (C=O) groups excluding carboxylic acids is 2. The molecular weight excluding hydrogens is 377 g/mol. The molecule has 2 amide bonds. The van der Waals surface area contributed by atoms with E-state index in [-0.39, 0.29) is 22.6 Å². The molecule has 0 saturated carbocycles. The number of nitrogens with two attached hydrogens (primary N) is 1. The lowest BCUT2D eigenvalue weighted by Crippen LogP contribution is -2.27. The molecule has 2 aromatic rings. The maximum atomic E-state index is 13.3. The summed E-state index contributed by atoms with van der Waals surface area (Å²) in [6.07, 6.45) is -2.89. The van der Waals surface area contributed by atoms with Crippen LogP contribution >= 0.6 is 0 Å². The van der Waals surface area contributed by atoms with Gasteiger partial charge in [-0.2, -0.15) is 13.2 Å². The van der Waals surface area contributed by atoms with E-state index >= 15 is 0 Å². The molecule has 3 N–H and O–H groups in total. The predicted octanol–water partition coefficient (Wildman–Crippen LogP) is 1.92. The largest absolute Gasteiger partial charge is 0.416 e. The van der Waals surface area contributed by atoms with Crippen molar-refractivity contribution in [3.8, 4) is 5.69 Å². The Hall–Kier alpha value is -3.30. The second-order valence-corrected chi connectivity index (χ2v) is 6.67. The minimum Gasteiger partial charge on any atom is -0.384 e. The average molecular weight is 392 g/mol. The van der Waals surface area contributed by atoms with Crippen LogP contribution in [0.5, 0.6) is 0 Å². The fourth-order valence-corrected chi connectivity index (χ4v) is 3.63. The number of amides is 2. The van der Waals surface area contributed by atoms with Crippen molar-refractivity contribution in [3.05, 3.63) is 51.3 Å². The number of halogens is 3. The number of anilines is 2. The number of fused-ring (bicyclic) bond motifs is 1. The molecule has 0 radical (unpaired) electrons. The number of hydrogen-bond acceptors (Lipinski definition) is 5. The third-order valence-electron chi connectivity index (χ3n) is 4.94. The Morgan fingerprint density at radius 1 is 0.964 bits per heavy atom. The minimum atomic E-state index is -4.62. The van der Waals surface area contributed by atoms with Gasteiger partial charge in [0.25, 0.3) is 17.4 Å². The molecule has 1 aromatic heterocycles. The van der Waals surface area contributed by atoms with Crippen LogP contribution in [-0.4, -0.2) is 29.5 Å². The number of nitrogen functional groups attached to an aromatic ring is 1. The summed E-state index contributed by atoms with van der Waals surface area (Å²) in [5, 5.41) is 2.03. The highest BCUT2D eigenvalue weighted by molar-refractivity contribution is 6.23. The molecule has 4 rings (SSSR count). The third kappa shape index (κ3) is 2.72. The number of benzene rings is 1. The first-order valence-electron chi connectivity index (χ1n) is 8.56. The third-order valence-corrected chi connectivity index (χ3v) is 4.94. The summed E-state index contributed by atoms with van der Waals surface area (Å²) in [4.78, 5) is 38.4. The SMILES string of the molecule is Nc1c2c(cc(=O)n1-c1cc(C(F)(F)F)ccc1N1CCCC1)C(=O)NC2=O. The van der Waals surface area contributed by atoms with Gasteiger partial charge in [0.15, 0.2) is 0 Å². The normalized spacial score (nSPS) is 16.5. The molecule has 0 unspecified atom stereocenters. The highest BCUT2D eigenvalue weighted by Crippen LogP contribution is 2.36. The summed E-state index contributed by atoms with van der Waals surface area (Å²) in [5.74, 6) is -1.92. The molecule has 10 heteroatoms. The lowest BCUT2D eigenvalue weighted by molar-refractivity contribution is -0.137. The van der Waals surface area contributed by atoms with Gasteiger partial charge in [0.05, 0.1) is 28.1 Å². The van der Waals surface area contributed by atoms with E-state index in [2.05, 4.69) is 0 Å². The molecule has 1 fully saturated rings. The van der Waals surface area contributed by atoms with Crippen molar-refractivity contribution in [2.24, 2.45) is 0 Å². The Balaban J connectivity index is 2.01. The van der Waals surface area contributed by atoms with Gasteiger partial charge < -0.3 is 10.6 Å². The first kappa shape index (κ1) is 18.1. The van der Waals surface area contributed by atoms with Crippen LogP contribution in [0, 0.1) is 0 Å². The van der Waals surface area contributed by atoms with Crippen LogP contribution in [-0.2, 0) is 6.18 Å². The Labute approximate surface area is 156 Å². The van der Waals surface area contributed by atoms with E-state index in [0.29, 0.717) is 18.8 Å². The van der Waals surface area contributed by atoms with Crippen molar-refractivity contribution in [2.75, 3.05) is 23.7 Å². The van der Waals surface area contributed by atoms with E-state index in [1.54, 1.807) is 0 Å². The predicted molar refractivity (Wildman–Crippen MR) is 94.7 cm³/mol. The molecule has 7 nitrogen and oxygen atoms in total. The van der Waals surface area contributed by atoms with Crippen LogP contribution in [0.25, 0.3) is 5.69 Å². The minimum absolute atomic E-state index is 0.0748. The number of pyridine rings is 1. The zero-order valence-electron chi connectivity index (χ0n) is 14.5. The highest BCUT2D eigenvalue weighted by Gasteiger charge is 2.35. The summed E-state index contributed by atoms with van der Waals surface area (Å²) >= 11 is 0. The number of aromatic nitrogens is 1. The quantitative estimate of drug-likeness (QED) is 0.761. The van der Waals surface area contributed by atoms with Gasteiger partial charge in [-0.15, -0.1) is 0 Å². The number of hydrogen-bond donors (Lipinski definition) is 2.